The van der Waals surface area contributed by atoms with Gasteiger partial charge in [-0.1, -0.05) is 13.8 Å². The number of esters is 1. The number of nitrogens with one attached hydrogen (secondary N) is 1. The van der Waals surface area contributed by atoms with Gasteiger partial charge in [-0.15, -0.1) is 0 Å². The van der Waals surface area contributed by atoms with Gasteiger partial charge in [0.2, 0.25) is 5.91 Å². The third-order valence-corrected chi connectivity index (χ3v) is 2.02. The van der Waals surface area contributed by atoms with Crippen LogP contribution in [0, 0.1) is 23.2 Å². The first-order valence-corrected chi connectivity index (χ1v) is 5.35. The van der Waals surface area contributed by atoms with Gasteiger partial charge in [-0.2, -0.15) is 5.26 Å². The summed E-state index contributed by atoms with van der Waals surface area (Å²) in [6.07, 6.45) is 0.135. The monoisotopic (exact) mass is 226 g/mol. The quantitative estimate of drug-likeness (QED) is 0.681. The molecule has 0 aliphatic heterocycles. The first-order valence-electron chi connectivity index (χ1n) is 5.35. The van der Waals surface area contributed by atoms with Crippen molar-refractivity contribution in [2.75, 3.05) is 13.2 Å². The number of hydrogen-bond acceptors (Lipinski definition) is 4. The van der Waals surface area contributed by atoms with Crippen LogP contribution in [0.5, 0.6) is 0 Å². The van der Waals surface area contributed by atoms with Crippen molar-refractivity contribution in [1.82, 2.24) is 5.32 Å². The zero-order valence-corrected chi connectivity index (χ0v) is 9.95. The lowest BCUT2D eigenvalue weighted by molar-refractivity contribution is -0.143. The molecule has 1 N–H and O–H groups in total. The second-order valence-corrected chi connectivity index (χ2v) is 3.70. The Morgan fingerprint density at radius 3 is 2.50 bits per heavy atom. The number of rotatable bonds is 6. The van der Waals surface area contributed by atoms with Gasteiger partial charge >= 0.3 is 5.97 Å². The van der Waals surface area contributed by atoms with Gasteiger partial charge in [0.15, 0.2) is 0 Å². The minimum Gasteiger partial charge on any atom is -0.466 e. The average Bonchev–Trinajstić information content (AvgIpc) is 2.18. The Kier molecular flexibility index (Phi) is 6.93. The van der Waals surface area contributed by atoms with Crippen LogP contribution in [0.1, 0.15) is 27.2 Å². The van der Waals surface area contributed by atoms with Crippen LogP contribution >= 0.6 is 0 Å². The van der Waals surface area contributed by atoms with Crippen molar-refractivity contribution in [2.45, 2.75) is 27.2 Å². The third kappa shape index (κ3) is 5.35. The van der Waals surface area contributed by atoms with E-state index in [1.54, 1.807) is 20.8 Å². The number of carbonyl (C=O) groups is 2. The van der Waals surface area contributed by atoms with Gasteiger partial charge in [0.25, 0.3) is 0 Å². The van der Waals surface area contributed by atoms with E-state index in [4.69, 9.17) is 10.00 Å². The van der Waals surface area contributed by atoms with E-state index in [1.807, 2.05) is 6.07 Å². The first kappa shape index (κ1) is 14.4. The zero-order valence-electron chi connectivity index (χ0n) is 9.95. The molecule has 0 aromatic rings. The average molecular weight is 226 g/mol. The molecule has 0 fully saturated rings. The number of carbonyl (C=O) groups excluding carboxylic acids is 2. The Balaban J connectivity index is 3.90. The molecule has 0 heterocycles. The molecular weight excluding hydrogens is 208 g/mol. The molecule has 0 spiro atoms. The van der Waals surface area contributed by atoms with Gasteiger partial charge in [0.05, 0.1) is 19.1 Å². The largest absolute Gasteiger partial charge is 0.466 e. The molecule has 1 amide bonds. The van der Waals surface area contributed by atoms with Crippen molar-refractivity contribution in [3.05, 3.63) is 0 Å². The first-order chi connectivity index (χ1) is 7.52. The predicted octanol–water partition coefficient (Wildman–Crippen LogP) is 0.852. The zero-order chi connectivity index (χ0) is 12.6. The molecule has 1 unspecified atom stereocenters. The maximum Gasteiger partial charge on any atom is 0.307 e. The summed E-state index contributed by atoms with van der Waals surface area (Å²) in [5.41, 5.74) is 0. The lowest BCUT2D eigenvalue weighted by Crippen LogP contribution is -2.34. The molecule has 0 aromatic carbocycles. The molecule has 0 saturated carbocycles. The van der Waals surface area contributed by atoms with Gasteiger partial charge in [-0.05, 0) is 12.8 Å². The predicted molar refractivity (Wildman–Crippen MR) is 58.2 cm³/mol. The van der Waals surface area contributed by atoms with Crippen molar-refractivity contribution in [3.63, 3.8) is 0 Å². The fourth-order valence-corrected chi connectivity index (χ4v) is 1.14. The topological polar surface area (TPSA) is 79.2 Å². The van der Waals surface area contributed by atoms with Crippen LogP contribution in [-0.4, -0.2) is 25.0 Å². The van der Waals surface area contributed by atoms with Gasteiger partial charge in [-0.25, -0.2) is 0 Å². The van der Waals surface area contributed by atoms with E-state index in [2.05, 4.69) is 5.32 Å². The molecule has 0 bridgehead atoms. The van der Waals surface area contributed by atoms with Crippen molar-refractivity contribution < 1.29 is 14.3 Å². The Morgan fingerprint density at radius 1 is 1.44 bits per heavy atom. The molecule has 5 nitrogen and oxygen atoms in total. The Labute approximate surface area is 95.8 Å². The van der Waals surface area contributed by atoms with E-state index in [9.17, 15) is 9.59 Å². The van der Waals surface area contributed by atoms with Crippen molar-refractivity contribution >= 4 is 11.9 Å². The van der Waals surface area contributed by atoms with Crippen LogP contribution in [0.25, 0.3) is 0 Å². The molecule has 0 rings (SSSR count). The van der Waals surface area contributed by atoms with Crippen molar-refractivity contribution in [1.29, 1.82) is 5.26 Å². The van der Waals surface area contributed by atoms with Crippen LogP contribution < -0.4 is 5.32 Å². The van der Waals surface area contributed by atoms with E-state index in [-0.39, 0.29) is 30.8 Å². The Hall–Kier alpha value is -1.57. The number of ether oxygens (including phenoxy) is 1. The minimum absolute atomic E-state index is 0.0346. The molecule has 0 aliphatic carbocycles. The van der Waals surface area contributed by atoms with Crippen LogP contribution in [0.4, 0.5) is 0 Å². The summed E-state index contributed by atoms with van der Waals surface area (Å²) in [6.45, 7) is 5.88. The summed E-state index contributed by atoms with van der Waals surface area (Å²) in [7, 11) is 0. The highest BCUT2D eigenvalue weighted by Gasteiger charge is 2.21. The van der Waals surface area contributed by atoms with Crippen LogP contribution in [0.2, 0.25) is 0 Å². The van der Waals surface area contributed by atoms with E-state index in [1.165, 1.54) is 0 Å². The molecule has 1 atom stereocenters. The van der Waals surface area contributed by atoms with E-state index in [0.717, 1.165) is 0 Å². The summed E-state index contributed by atoms with van der Waals surface area (Å²) < 4.78 is 4.70. The van der Waals surface area contributed by atoms with Crippen molar-refractivity contribution in [3.8, 4) is 6.07 Å². The fourth-order valence-electron chi connectivity index (χ4n) is 1.14. The molecular formula is C11H18N2O3. The highest BCUT2D eigenvalue weighted by molar-refractivity contribution is 5.81. The minimum atomic E-state index is -0.665. The van der Waals surface area contributed by atoms with Crippen LogP contribution in [0.3, 0.4) is 0 Å². The van der Waals surface area contributed by atoms with Crippen LogP contribution in [0.15, 0.2) is 0 Å². The summed E-state index contributed by atoms with van der Waals surface area (Å²) in [5.74, 6) is -1.38. The van der Waals surface area contributed by atoms with E-state index >= 15 is 0 Å². The summed E-state index contributed by atoms with van der Waals surface area (Å²) in [5, 5.41) is 11.3. The second-order valence-electron chi connectivity index (χ2n) is 3.70. The summed E-state index contributed by atoms with van der Waals surface area (Å²) in [6, 6.07) is 1.94. The molecule has 0 radical (unpaired) electrons. The fraction of sp³-hybridized carbons (Fsp3) is 0.727. The van der Waals surface area contributed by atoms with Crippen LogP contribution in [-0.2, 0) is 14.3 Å². The van der Waals surface area contributed by atoms with Gasteiger partial charge < -0.3 is 10.1 Å². The lowest BCUT2D eigenvalue weighted by Gasteiger charge is -2.12. The maximum absolute atomic E-state index is 11.5. The third-order valence-electron chi connectivity index (χ3n) is 2.02. The molecule has 5 heteroatoms. The molecule has 90 valence electrons. The molecule has 0 saturated heterocycles. The maximum atomic E-state index is 11.5. The SMILES string of the molecule is CCOC(=O)CCNC(=O)C(C#N)C(C)C. The summed E-state index contributed by atoms with van der Waals surface area (Å²) in [4.78, 5) is 22.4. The smallest absolute Gasteiger partial charge is 0.307 e. The normalized spacial score (nSPS) is 11.7. The number of hydrogen-bond donors (Lipinski definition) is 1. The highest BCUT2D eigenvalue weighted by atomic mass is 16.5. The van der Waals surface area contributed by atoms with Gasteiger partial charge in [0, 0.05) is 6.54 Å². The number of nitrogens with zero attached hydrogens (tertiary/aromatic N) is 1. The summed E-state index contributed by atoms with van der Waals surface area (Å²) >= 11 is 0. The Bertz CT molecular complexity index is 281. The van der Waals surface area contributed by atoms with Gasteiger partial charge in [0.1, 0.15) is 5.92 Å². The second kappa shape index (κ2) is 7.69. The van der Waals surface area contributed by atoms with Crippen molar-refractivity contribution in [2.24, 2.45) is 11.8 Å². The molecule has 0 aromatic heterocycles. The lowest BCUT2D eigenvalue weighted by atomic mass is 9.97. The number of nitriles is 1. The van der Waals surface area contributed by atoms with Gasteiger partial charge in [-0.3, -0.25) is 9.59 Å². The standard InChI is InChI=1S/C11H18N2O3/c1-4-16-10(14)5-6-13-11(15)9(7-12)8(2)3/h8-9H,4-6H2,1-3H3,(H,13,15). The Morgan fingerprint density at radius 2 is 2.06 bits per heavy atom. The molecule has 0 aliphatic rings. The highest BCUT2D eigenvalue weighted by Crippen LogP contribution is 2.09. The molecule has 16 heavy (non-hydrogen) atoms. The van der Waals surface area contributed by atoms with E-state index < -0.39 is 5.92 Å². The van der Waals surface area contributed by atoms with E-state index in [0.29, 0.717) is 6.61 Å². The number of amides is 1.